The number of hydrogen-bond donors (Lipinski definition) is 1. The van der Waals surface area contributed by atoms with Crippen molar-refractivity contribution in [2.45, 2.75) is 88.5 Å². The van der Waals surface area contributed by atoms with E-state index in [4.69, 9.17) is 0 Å². The first-order chi connectivity index (χ1) is 17.2. The number of pyridine rings is 1. The molecule has 2 aliphatic carbocycles. The van der Waals surface area contributed by atoms with E-state index >= 15 is 0 Å². The molecule has 2 aromatic rings. The summed E-state index contributed by atoms with van der Waals surface area (Å²) in [6, 6.07) is 16.0. The first-order valence-electron chi connectivity index (χ1n) is 14.2. The van der Waals surface area contributed by atoms with Crippen molar-refractivity contribution in [3.8, 4) is 0 Å². The molecule has 1 aromatic heterocycles. The van der Waals surface area contributed by atoms with Gasteiger partial charge in [-0.15, -0.1) is 0 Å². The summed E-state index contributed by atoms with van der Waals surface area (Å²) in [6.07, 6.45) is 12.2. The van der Waals surface area contributed by atoms with Gasteiger partial charge in [-0.3, -0.25) is 4.79 Å². The average molecular weight is 473 g/mol. The highest BCUT2D eigenvalue weighted by atomic mass is 16.2. The van der Waals surface area contributed by atoms with Crippen LogP contribution in [0.3, 0.4) is 0 Å². The SMILES string of the molecule is Cc1ccc2c([nH+]1)CCC[C@]21CNC[C@H]1C(=O)N1CC[C@@H](c2ccccc2)C[C@H]1C1CCCCC1. The molecule has 4 nitrogen and oxygen atoms in total. The van der Waals surface area contributed by atoms with Gasteiger partial charge < -0.3 is 10.2 Å². The van der Waals surface area contributed by atoms with Crippen molar-refractivity contribution in [2.75, 3.05) is 19.6 Å². The molecule has 186 valence electrons. The number of nitrogens with one attached hydrogen (secondary N) is 2. The second kappa shape index (κ2) is 9.69. The van der Waals surface area contributed by atoms with Gasteiger partial charge in [-0.25, -0.2) is 4.98 Å². The van der Waals surface area contributed by atoms with Crippen LogP contribution in [0.15, 0.2) is 42.5 Å². The molecule has 3 fully saturated rings. The largest absolute Gasteiger partial charge is 0.339 e. The Balaban J connectivity index is 1.30. The highest BCUT2D eigenvalue weighted by molar-refractivity contribution is 5.82. The third-order valence-corrected chi connectivity index (χ3v) is 9.91. The molecule has 4 aliphatic rings. The lowest BCUT2D eigenvalue weighted by molar-refractivity contribution is -0.401. The Morgan fingerprint density at radius 3 is 2.69 bits per heavy atom. The fraction of sp³-hybridized carbons (Fsp3) is 0.613. The Bertz CT molecular complexity index is 1050. The van der Waals surface area contributed by atoms with E-state index in [1.165, 1.54) is 61.0 Å². The van der Waals surface area contributed by atoms with Gasteiger partial charge in [-0.2, -0.15) is 0 Å². The summed E-state index contributed by atoms with van der Waals surface area (Å²) in [4.78, 5) is 20.6. The first kappa shape index (κ1) is 23.2. The standard InChI is InChI=1S/C31H41N3O/c1-22-14-15-26-28(33-22)13-8-17-31(26)21-32-20-27(31)30(35)34-18-16-25(23-9-4-2-5-10-23)19-29(34)24-11-6-3-7-12-24/h2,4-5,9-10,14-15,24-25,27,29,32H,3,6-8,11-13,16-21H2,1H3/p+1/t25-,27+,29+,31+/m1/s1. The molecule has 3 heterocycles. The molecule has 1 amide bonds. The zero-order chi connectivity index (χ0) is 23.8. The highest BCUT2D eigenvalue weighted by Crippen LogP contribution is 2.47. The Hall–Kier alpha value is -2.20. The number of benzene rings is 1. The van der Waals surface area contributed by atoms with Gasteiger partial charge in [0.1, 0.15) is 0 Å². The van der Waals surface area contributed by atoms with Crippen molar-refractivity contribution in [3.63, 3.8) is 0 Å². The van der Waals surface area contributed by atoms with Crippen molar-refractivity contribution in [1.82, 2.24) is 10.2 Å². The average Bonchev–Trinajstić information content (AvgIpc) is 3.32. The second-order valence-corrected chi connectivity index (χ2v) is 11.9. The molecule has 6 rings (SSSR count). The van der Waals surface area contributed by atoms with Crippen LogP contribution in [0.5, 0.6) is 0 Å². The highest BCUT2D eigenvalue weighted by Gasteiger charge is 2.53. The molecule has 1 aromatic carbocycles. The Morgan fingerprint density at radius 1 is 1.03 bits per heavy atom. The third-order valence-electron chi connectivity index (χ3n) is 9.91. The maximum absolute atomic E-state index is 14.5. The predicted molar refractivity (Wildman–Crippen MR) is 139 cm³/mol. The molecule has 1 saturated carbocycles. The van der Waals surface area contributed by atoms with E-state index in [1.807, 2.05) is 0 Å². The van der Waals surface area contributed by atoms with Crippen LogP contribution in [-0.2, 0) is 16.6 Å². The zero-order valence-electron chi connectivity index (χ0n) is 21.4. The molecule has 2 N–H and O–H groups in total. The minimum absolute atomic E-state index is 0.0528. The van der Waals surface area contributed by atoms with Crippen molar-refractivity contribution >= 4 is 5.91 Å². The van der Waals surface area contributed by atoms with Gasteiger partial charge in [-0.05, 0) is 62.0 Å². The van der Waals surface area contributed by atoms with Crippen LogP contribution >= 0.6 is 0 Å². The molecule has 4 atom stereocenters. The molecular weight excluding hydrogens is 430 g/mol. The molecule has 2 aliphatic heterocycles. The molecule has 4 heteroatoms. The van der Waals surface area contributed by atoms with Crippen LogP contribution in [0.1, 0.15) is 86.2 Å². The number of H-pyrrole nitrogens is 1. The van der Waals surface area contributed by atoms with Gasteiger partial charge in [0.25, 0.3) is 0 Å². The second-order valence-electron chi connectivity index (χ2n) is 11.9. The number of aryl methyl sites for hydroxylation is 2. The smallest absolute Gasteiger partial charge is 0.228 e. The maximum atomic E-state index is 14.5. The fourth-order valence-electron chi connectivity index (χ4n) is 8.13. The topological polar surface area (TPSA) is 46.5 Å². The number of fused-ring (bicyclic) bond motifs is 2. The summed E-state index contributed by atoms with van der Waals surface area (Å²) >= 11 is 0. The van der Waals surface area contributed by atoms with E-state index in [0.717, 1.165) is 45.3 Å². The molecule has 35 heavy (non-hydrogen) atoms. The molecular formula is C31H42N3O+. The number of carbonyl (C=O) groups is 1. The lowest BCUT2D eigenvalue weighted by Gasteiger charge is -2.47. The fourth-order valence-corrected chi connectivity index (χ4v) is 8.13. The number of hydrogen-bond acceptors (Lipinski definition) is 2. The molecule has 0 unspecified atom stereocenters. The van der Waals surface area contributed by atoms with Gasteiger partial charge in [-0.1, -0.05) is 49.6 Å². The zero-order valence-corrected chi connectivity index (χ0v) is 21.4. The van der Waals surface area contributed by atoms with Crippen LogP contribution in [0.2, 0.25) is 0 Å². The molecule has 0 bridgehead atoms. The van der Waals surface area contributed by atoms with E-state index in [1.54, 1.807) is 0 Å². The summed E-state index contributed by atoms with van der Waals surface area (Å²) in [5.41, 5.74) is 5.40. The Morgan fingerprint density at radius 2 is 1.86 bits per heavy atom. The first-order valence-corrected chi connectivity index (χ1v) is 14.2. The Kier molecular flexibility index (Phi) is 6.43. The number of piperidine rings is 1. The van der Waals surface area contributed by atoms with Gasteiger partial charge in [0.2, 0.25) is 5.91 Å². The van der Waals surface area contributed by atoms with E-state index in [-0.39, 0.29) is 11.3 Å². The number of amides is 1. The predicted octanol–water partition coefficient (Wildman–Crippen LogP) is 4.96. The summed E-state index contributed by atoms with van der Waals surface area (Å²) < 4.78 is 0. The van der Waals surface area contributed by atoms with Crippen LogP contribution in [-0.4, -0.2) is 36.5 Å². The minimum Gasteiger partial charge on any atom is -0.339 e. The molecule has 2 saturated heterocycles. The van der Waals surface area contributed by atoms with Gasteiger partial charge in [0, 0.05) is 56.1 Å². The van der Waals surface area contributed by atoms with Crippen molar-refractivity contribution < 1.29 is 9.78 Å². The minimum atomic E-state index is -0.0533. The molecule has 0 radical (unpaired) electrons. The van der Waals surface area contributed by atoms with Crippen LogP contribution < -0.4 is 10.3 Å². The summed E-state index contributed by atoms with van der Waals surface area (Å²) in [5, 5.41) is 3.68. The van der Waals surface area contributed by atoms with E-state index < -0.39 is 0 Å². The van der Waals surface area contributed by atoms with E-state index in [9.17, 15) is 4.79 Å². The summed E-state index contributed by atoms with van der Waals surface area (Å²) in [7, 11) is 0. The quantitative estimate of drug-likeness (QED) is 0.686. The van der Waals surface area contributed by atoms with Crippen molar-refractivity contribution in [3.05, 3.63) is 65.0 Å². The lowest BCUT2D eigenvalue weighted by atomic mass is 9.64. The normalized spacial score (nSPS) is 31.5. The summed E-state index contributed by atoms with van der Waals surface area (Å²) in [6.45, 7) is 4.81. The van der Waals surface area contributed by atoms with Gasteiger partial charge in [0.05, 0.1) is 5.92 Å². The lowest BCUT2D eigenvalue weighted by Crippen LogP contribution is -2.55. The van der Waals surface area contributed by atoms with Crippen LogP contribution in [0.25, 0.3) is 0 Å². The van der Waals surface area contributed by atoms with Gasteiger partial charge >= 0.3 is 0 Å². The number of nitrogens with zero attached hydrogens (tertiary/aromatic N) is 1. The van der Waals surface area contributed by atoms with Crippen molar-refractivity contribution in [2.24, 2.45) is 11.8 Å². The molecule has 1 spiro atoms. The maximum Gasteiger partial charge on any atom is 0.228 e. The number of carbonyl (C=O) groups excluding carboxylic acids is 1. The third kappa shape index (κ3) is 4.22. The van der Waals surface area contributed by atoms with Gasteiger partial charge in [0.15, 0.2) is 11.4 Å². The monoisotopic (exact) mass is 472 g/mol. The van der Waals surface area contributed by atoms with E-state index in [0.29, 0.717) is 23.8 Å². The van der Waals surface area contributed by atoms with Crippen LogP contribution in [0.4, 0.5) is 0 Å². The van der Waals surface area contributed by atoms with Crippen molar-refractivity contribution in [1.29, 1.82) is 0 Å². The number of rotatable bonds is 3. The van der Waals surface area contributed by atoms with E-state index in [2.05, 4.69) is 64.6 Å². The van der Waals surface area contributed by atoms with Crippen LogP contribution in [0, 0.1) is 18.8 Å². The number of likely N-dealkylation sites (tertiary alicyclic amines) is 1. The Labute approximate surface area is 210 Å². The number of aromatic nitrogens is 1. The number of aromatic amines is 1. The summed E-state index contributed by atoms with van der Waals surface area (Å²) in [5.74, 6) is 1.73.